The maximum Gasteiger partial charge on any atom is 0.335 e. The van der Waals surface area contributed by atoms with E-state index in [1.165, 1.54) is 0 Å². The Labute approximate surface area is 257 Å². The molecule has 0 unspecified atom stereocenters. The van der Waals surface area contributed by atoms with Crippen molar-refractivity contribution in [2.45, 2.75) is 31.4 Å². The molecule has 1 aliphatic heterocycles. The normalized spacial score (nSPS) is 16.2. The van der Waals surface area contributed by atoms with Crippen LogP contribution in [0.4, 0.5) is 4.39 Å². The summed E-state index contributed by atoms with van der Waals surface area (Å²) < 4.78 is 30.4. The first-order valence-electron chi connectivity index (χ1n) is 13.4. The van der Waals surface area contributed by atoms with Gasteiger partial charge in [-0.2, -0.15) is 0 Å². The number of halogens is 4. The van der Waals surface area contributed by atoms with Gasteiger partial charge in [-0.15, -0.1) is 0 Å². The molecule has 1 saturated carbocycles. The number of hydrogen-bond acceptors (Lipinski definition) is 6. The Morgan fingerprint density at radius 3 is 2.29 bits per heavy atom. The fraction of sp³-hybridized carbons (Fsp3) is 0.290. The molecule has 7 nitrogen and oxygen atoms in total. The Bertz CT molecular complexity index is 1500. The van der Waals surface area contributed by atoms with Crippen molar-refractivity contribution in [1.29, 1.82) is 0 Å². The van der Waals surface area contributed by atoms with Crippen LogP contribution in [-0.4, -0.2) is 48.6 Å². The number of esters is 1. The van der Waals surface area contributed by atoms with Gasteiger partial charge in [-0.05, 0) is 72.4 Å². The predicted molar refractivity (Wildman–Crippen MR) is 159 cm³/mol. The van der Waals surface area contributed by atoms with E-state index in [4.69, 9.17) is 54.7 Å². The molecule has 3 aromatic rings. The third-order valence-electron chi connectivity index (χ3n) is 7.40. The Morgan fingerprint density at radius 2 is 1.64 bits per heavy atom. The fourth-order valence-electron chi connectivity index (χ4n) is 5.06. The van der Waals surface area contributed by atoms with E-state index in [2.05, 4.69) is 0 Å². The smallest absolute Gasteiger partial charge is 0.335 e. The molecule has 11 heteroatoms. The lowest BCUT2D eigenvalue weighted by molar-refractivity contribution is -0.141. The van der Waals surface area contributed by atoms with Crippen molar-refractivity contribution in [3.05, 3.63) is 98.2 Å². The lowest BCUT2D eigenvalue weighted by Gasteiger charge is -2.35. The van der Waals surface area contributed by atoms with E-state index in [1.807, 2.05) is 23.1 Å². The molecule has 0 saturated heterocycles. The minimum Gasteiger partial charge on any atom is -0.490 e. The van der Waals surface area contributed by atoms with Crippen LogP contribution in [0.2, 0.25) is 15.1 Å². The first kappa shape index (κ1) is 30.2. The van der Waals surface area contributed by atoms with Gasteiger partial charge in [0.2, 0.25) is 5.91 Å². The van der Waals surface area contributed by atoms with Gasteiger partial charge < -0.3 is 19.9 Å². The van der Waals surface area contributed by atoms with Gasteiger partial charge in [0, 0.05) is 18.1 Å². The van der Waals surface area contributed by atoms with Crippen LogP contribution < -0.4 is 15.2 Å². The quantitative estimate of drug-likeness (QED) is 0.192. The highest BCUT2D eigenvalue weighted by Crippen LogP contribution is 2.44. The molecule has 1 amide bonds. The molecule has 3 aromatic carbocycles. The van der Waals surface area contributed by atoms with Gasteiger partial charge in [0.1, 0.15) is 36.9 Å². The number of amides is 1. The van der Waals surface area contributed by atoms with Gasteiger partial charge in [0.15, 0.2) is 5.75 Å². The molecule has 5 rings (SSSR count). The Morgan fingerprint density at radius 1 is 0.952 bits per heavy atom. The molecule has 0 radical (unpaired) electrons. The summed E-state index contributed by atoms with van der Waals surface area (Å²) in [6.45, 7) is 1.25. The number of carbonyl (C=O) groups is 2. The van der Waals surface area contributed by atoms with Gasteiger partial charge >= 0.3 is 5.97 Å². The molecule has 0 bridgehead atoms. The van der Waals surface area contributed by atoms with Crippen molar-refractivity contribution in [3.8, 4) is 11.5 Å². The van der Waals surface area contributed by atoms with E-state index in [0.29, 0.717) is 42.2 Å². The number of nitrogens with two attached hydrogens (primary N) is 1. The van der Waals surface area contributed by atoms with Gasteiger partial charge in [-0.3, -0.25) is 9.69 Å². The number of ether oxygens (including phenoxy) is 3. The summed E-state index contributed by atoms with van der Waals surface area (Å²) in [7, 11) is 0. The number of benzene rings is 3. The van der Waals surface area contributed by atoms with E-state index < -0.39 is 17.3 Å². The lowest BCUT2D eigenvalue weighted by Crippen LogP contribution is -2.50. The minimum atomic E-state index is -0.702. The molecule has 220 valence electrons. The highest BCUT2D eigenvalue weighted by molar-refractivity contribution is 6.37. The van der Waals surface area contributed by atoms with Gasteiger partial charge in [0.05, 0.1) is 15.6 Å². The first-order chi connectivity index (χ1) is 20.2. The Kier molecular flexibility index (Phi) is 9.28. The molecule has 2 N–H and O–H groups in total. The number of hydrogen-bond donors (Lipinski definition) is 1. The zero-order valence-electron chi connectivity index (χ0n) is 22.5. The number of nitrogens with zero attached hydrogens (tertiary/aromatic N) is 1. The minimum absolute atomic E-state index is 0.0698. The van der Waals surface area contributed by atoms with E-state index in [-0.39, 0.29) is 48.1 Å². The second kappa shape index (κ2) is 12.9. The zero-order valence-corrected chi connectivity index (χ0v) is 24.8. The van der Waals surface area contributed by atoms with Crippen LogP contribution in [0.15, 0.2) is 66.2 Å². The summed E-state index contributed by atoms with van der Waals surface area (Å²) in [5.41, 5.74) is 7.98. The number of primary amides is 1. The highest BCUT2D eigenvalue weighted by atomic mass is 35.5. The van der Waals surface area contributed by atoms with Gasteiger partial charge in [-0.25, -0.2) is 9.18 Å². The molecule has 2 aliphatic rings. The summed E-state index contributed by atoms with van der Waals surface area (Å²) in [5.74, 6) is -0.590. The monoisotopic (exact) mass is 632 g/mol. The van der Waals surface area contributed by atoms with Crippen LogP contribution in [0.25, 0.3) is 5.57 Å². The molecule has 1 aliphatic carbocycles. The van der Waals surface area contributed by atoms with Crippen LogP contribution >= 0.6 is 34.8 Å². The van der Waals surface area contributed by atoms with E-state index in [1.54, 1.807) is 30.3 Å². The van der Waals surface area contributed by atoms with Crippen molar-refractivity contribution < 1.29 is 28.2 Å². The van der Waals surface area contributed by atoms with E-state index in [9.17, 15) is 14.0 Å². The third-order valence-corrected chi connectivity index (χ3v) is 8.20. The summed E-state index contributed by atoms with van der Waals surface area (Å²) in [6.07, 6.45) is 1.90. The van der Waals surface area contributed by atoms with Crippen molar-refractivity contribution in [1.82, 2.24) is 4.90 Å². The van der Waals surface area contributed by atoms with Crippen LogP contribution in [0.1, 0.15) is 30.4 Å². The molecule has 0 atom stereocenters. The van der Waals surface area contributed by atoms with E-state index >= 15 is 0 Å². The second-order valence-electron chi connectivity index (χ2n) is 10.2. The standard InChI is InChI=1S/C31H28Cl3FN2O5/c32-21-3-1-2-19(14-21)18-42-29(38)25-17-37(31(9-10-31)30(36)39)11-8-24(25)20-4-6-23(7-5-20)40-12-13-41-28-26(33)15-22(35)16-27(28)34/h1-7,14-16H,8-13,17-18H2,(H2,36,39). The predicted octanol–water partition coefficient (Wildman–Crippen LogP) is 6.46. The van der Waals surface area contributed by atoms with Crippen molar-refractivity contribution >= 4 is 52.3 Å². The maximum atomic E-state index is 13.4. The zero-order chi connectivity index (χ0) is 29.9. The summed E-state index contributed by atoms with van der Waals surface area (Å²) in [4.78, 5) is 27.6. The van der Waals surface area contributed by atoms with Crippen LogP contribution in [0.5, 0.6) is 11.5 Å². The van der Waals surface area contributed by atoms with Crippen molar-refractivity contribution in [2.75, 3.05) is 26.3 Å². The molecule has 0 aromatic heterocycles. The average Bonchev–Trinajstić information content (AvgIpc) is 3.78. The van der Waals surface area contributed by atoms with Crippen LogP contribution in [0.3, 0.4) is 0 Å². The Balaban J connectivity index is 1.27. The molecule has 0 spiro atoms. The molecular formula is C31H28Cl3FN2O5. The first-order valence-corrected chi connectivity index (χ1v) is 14.5. The third kappa shape index (κ3) is 6.84. The molecule has 1 heterocycles. The SMILES string of the molecule is NC(=O)C1(N2CCC(c3ccc(OCCOc4c(Cl)cc(F)cc4Cl)cc3)=C(C(=O)OCc3cccc(Cl)c3)C2)CC1. The topological polar surface area (TPSA) is 91.1 Å². The van der Waals surface area contributed by atoms with Gasteiger partial charge in [-0.1, -0.05) is 59.1 Å². The number of carbonyl (C=O) groups excluding carboxylic acids is 2. The molecule has 42 heavy (non-hydrogen) atoms. The molecule has 1 fully saturated rings. The summed E-state index contributed by atoms with van der Waals surface area (Å²) in [5, 5.41) is 0.712. The van der Waals surface area contributed by atoms with Crippen LogP contribution in [0, 0.1) is 5.82 Å². The Hall–Kier alpha value is -3.30. The number of rotatable bonds is 11. The van der Waals surface area contributed by atoms with Crippen molar-refractivity contribution in [3.63, 3.8) is 0 Å². The van der Waals surface area contributed by atoms with Crippen molar-refractivity contribution in [2.24, 2.45) is 5.73 Å². The lowest BCUT2D eigenvalue weighted by atomic mass is 9.92. The highest BCUT2D eigenvalue weighted by Gasteiger charge is 2.54. The summed E-state index contributed by atoms with van der Waals surface area (Å²) in [6, 6.07) is 16.7. The second-order valence-corrected chi connectivity index (χ2v) is 11.4. The van der Waals surface area contributed by atoms with Crippen LogP contribution in [-0.2, 0) is 20.9 Å². The average molecular weight is 634 g/mol. The fourth-order valence-corrected chi connectivity index (χ4v) is 5.84. The molecular weight excluding hydrogens is 606 g/mol. The maximum absolute atomic E-state index is 13.4. The van der Waals surface area contributed by atoms with E-state index in [0.717, 1.165) is 28.8 Å². The summed E-state index contributed by atoms with van der Waals surface area (Å²) >= 11 is 18.1. The largest absolute Gasteiger partial charge is 0.490 e. The van der Waals surface area contributed by atoms with Gasteiger partial charge in [0.25, 0.3) is 0 Å².